The van der Waals surface area contributed by atoms with Crippen LogP contribution in [0.1, 0.15) is 12.8 Å². The van der Waals surface area contributed by atoms with Gasteiger partial charge < -0.3 is 21.1 Å². The van der Waals surface area contributed by atoms with Gasteiger partial charge in [-0.25, -0.2) is 0 Å². The smallest absolute Gasteiger partial charge is 0.309 e. The first-order valence-corrected chi connectivity index (χ1v) is 5.14. The van der Waals surface area contributed by atoms with Crippen LogP contribution in [0.25, 0.3) is 0 Å². The maximum absolute atomic E-state index is 11.3. The van der Waals surface area contributed by atoms with Gasteiger partial charge in [0.25, 0.3) is 0 Å². The van der Waals surface area contributed by atoms with E-state index in [1.807, 2.05) is 0 Å². The summed E-state index contributed by atoms with van der Waals surface area (Å²) in [5, 5.41) is 16.6. The van der Waals surface area contributed by atoms with Crippen molar-refractivity contribution in [3.63, 3.8) is 0 Å². The molecule has 0 bridgehead atoms. The summed E-state index contributed by atoms with van der Waals surface area (Å²) in [6.07, 6.45) is 1.69. The minimum atomic E-state index is -0.678. The maximum Gasteiger partial charge on any atom is 0.309 e. The molecule has 2 amide bonds. The Labute approximate surface area is 88.4 Å². The van der Waals surface area contributed by atoms with Crippen molar-refractivity contribution in [1.82, 2.24) is 16.0 Å². The Hall–Kier alpha value is -1.14. The van der Waals surface area contributed by atoms with Gasteiger partial charge >= 0.3 is 11.8 Å². The van der Waals surface area contributed by atoms with Crippen molar-refractivity contribution < 1.29 is 14.7 Å². The fourth-order valence-electron chi connectivity index (χ4n) is 1.47. The SMILES string of the molecule is O=C(NCCO)C(=O)NC1CCNCC1. The second kappa shape index (κ2) is 6.36. The third-order valence-corrected chi connectivity index (χ3v) is 2.28. The quantitative estimate of drug-likeness (QED) is 0.408. The van der Waals surface area contributed by atoms with Crippen molar-refractivity contribution in [2.75, 3.05) is 26.2 Å². The average molecular weight is 215 g/mol. The van der Waals surface area contributed by atoms with Crippen LogP contribution in [0, 0.1) is 0 Å². The molecule has 6 heteroatoms. The number of amides is 2. The minimum absolute atomic E-state index is 0.0821. The zero-order chi connectivity index (χ0) is 11.1. The van der Waals surface area contributed by atoms with Gasteiger partial charge in [0, 0.05) is 12.6 Å². The van der Waals surface area contributed by atoms with Crippen LogP contribution < -0.4 is 16.0 Å². The van der Waals surface area contributed by atoms with E-state index in [1.165, 1.54) is 0 Å². The van der Waals surface area contributed by atoms with E-state index in [0.29, 0.717) is 0 Å². The van der Waals surface area contributed by atoms with Crippen molar-refractivity contribution >= 4 is 11.8 Å². The molecule has 0 aromatic heterocycles. The summed E-state index contributed by atoms with van der Waals surface area (Å²) in [7, 11) is 0. The lowest BCUT2D eigenvalue weighted by molar-refractivity contribution is -0.139. The highest BCUT2D eigenvalue weighted by Crippen LogP contribution is 2.01. The van der Waals surface area contributed by atoms with Gasteiger partial charge in [0.1, 0.15) is 0 Å². The number of nitrogens with one attached hydrogen (secondary N) is 3. The molecular weight excluding hydrogens is 198 g/mol. The highest BCUT2D eigenvalue weighted by Gasteiger charge is 2.19. The van der Waals surface area contributed by atoms with E-state index in [1.54, 1.807) is 0 Å². The molecule has 0 atom stereocenters. The van der Waals surface area contributed by atoms with Gasteiger partial charge in [-0.2, -0.15) is 0 Å². The van der Waals surface area contributed by atoms with E-state index in [2.05, 4.69) is 16.0 Å². The fraction of sp³-hybridized carbons (Fsp3) is 0.778. The summed E-state index contributed by atoms with van der Waals surface area (Å²) in [6, 6.07) is 0.0821. The molecular formula is C9H17N3O3. The molecule has 1 aliphatic heterocycles. The number of aliphatic hydroxyl groups excluding tert-OH is 1. The van der Waals surface area contributed by atoms with E-state index in [9.17, 15) is 9.59 Å². The largest absolute Gasteiger partial charge is 0.395 e. The molecule has 86 valence electrons. The van der Waals surface area contributed by atoms with Gasteiger partial charge in [-0.05, 0) is 25.9 Å². The van der Waals surface area contributed by atoms with Crippen molar-refractivity contribution in [3.8, 4) is 0 Å². The summed E-state index contributed by atoms with van der Waals surface area (Å²) < 4.78 is 0. The van der Waals surface area contributed by atoms with Crippen molar-refractivity contribution in [2.45, 2.75) is 18.9 Å². The van der Waals surface area contributed by atoms with E-state index >= 15 is 0 Å². The van der Waals surface area contributed by atoms with Crippen LogP contribution >= 0.6 is 0 Å². The number of carbonyl (C=O) groups is 2. The molecule has 6 nitrogen and oxygen atoms in total. The highest BCUT2D eigenvalue weighted by molar-refractivity contribution is 6.35. The molecule has 1 aliphatic rings. The molecule has 0 aromatic rings. The topological polar surface area (TPSA) is 90.5 Å². The summed E-state index contributed by atoms with van der Waals surface area (Å²) in [4.78, 5) is 22.4. The third kappa shape index (κ3) is 4.26. The Morgan fingerprint density at radius 3 is 2.53 bits per heavy atom. The monoisotopic (exact) mass is 215 g/mol. The Balaban J connectivity index is 2.24. The van der Waals surface area contributed by atoms with Crippen LogP contribution in [0.2, 0.25) is 0 Å². The van der Waals surface area contributed by atoms with Crippen LogP contribution in [-0.4, -0.2) is 49.2 Å². The highest BCUT2D eigenvalue weighted by atomic mass is 16.3. The Kier molecular flexibility index (Phi) is 5.06. The van der Waals surface area contributed by atoms with Gasteiger partial charge in [-0.3, -0.25) is 9.59 Å². The number of aliphatic hydroxyl groups is 1. The zero-order valence-corrected chi connectivity index (χ0v) is 8.58. The first-order valence-electron chi connectivity index (χ1n) is 5.14. The van der Waals surface area contributed by atoms with E-state index in [0.717, 1.165) is 25.9 Å². The number of carbonyl (C=O) groups excluding carboxylic acids is 2. The predicted octanol–water partition coefficient (Wildman–Crippen LogP) is -2.04. The molecule has 1 fully saturated rings. The summed E-state index contributed by atoms with van der Waals surface area (Å²) >= 11 is 0. The number of hydrogen-bond donors (Lipinski definition) is 4. The molecule has 1 saturated heterocycles. The number of piperidine rings is 1. The molecule has 15 heavy (non-hydrogen) atoms. The number of hydrogen-bond acceptors (Lipinski definition) is 4. The lowest BCUT2D eigenvalue weighted by atomic mass is 10.1. The first kappa shape index (κ1) is 11.9. The van der Waals surface area contributed by atoms with E-state index < -0.39 is 11.8 Å². The average Bonchev–Trinajstić information content (AvgIpc) is 2.27. The van der Waals surface area contributed by atoms with Crippen LogP contribution in [0.5, 0.6) is 0 Å². The molecule has 1 rings (SSSR count). The second-order valence-electron chi connectivity index (χ2n) is 3.48. The Morgan fingerprint density at radius 1 is 1.27 bits per heavy atom. The second-order valence-corrected chi connectivity index (χ2v) is 3.48. The maximum atomic E-state index is 11.3. The van der Waals surface area contributed by atoms with Crippen LogP contribution in [0.15, 0.2) is 0 Å². The summed E-state index contributed by atoms with van der Waals surface area (Å²) in [5.74, 6) is -1.29. The van der Waals surface area contributed by atoms with E-state index in [-0.39, 0.29) is 19.2 Å². The molecule has 4 N–H and O–H groups in total. The lowest BCUT2D eigenvalue weighted by Crippen LogP contribution is -2.48. The van der Waals surface area contributed by atoms with Crippen LogP contribution in [-0.2, 0) is 9.59 Å². The molecule has 1 heterocycles. The molecule has 0 unspecified atom stereocenters. The molecule has 0 spiro atoms. The van der Waals surface area contributed by atoms with Gasteiger partial charge in [0.2, 0.25) is 0 Å². The Bertz CT molecular complexity index is 227. The van der Waals surface area contributed by atoms with Crippen molar-refractivity contribution in [3.05, 3.63) is 0 Å². The van der Waals surface area contributed by atoms with Gasteiger partial charge in [-0.15, -0.1) is 0 Å². The molecule has 0 radical (unpaired) electrons. The standard InChI is InChI=1S/C9H17N3O3/c13-6-5-11-8(14)9(15)12-7-1-3-10-4-2-7/h7,10,13H,1-6H2,(H,11,14)(H,12,15). The summed E-state index contributed by atoms with van der Waals surface area (Å²) in [6.45, 7) is 1.68. The third-order valence-electron chi connectivity index (χ3n) is 2.28. The Morgan fingerprint density at radius 2 is 1.93 bits per heavy atom. The molecule has 0 saturated carbocycles. The molecule has 0 aromatic carbocycles. The van der Waals surface area contributed by atoms with Crippen molar-refractivity contribution in [1.29, 1.82) is 0 Å². The predicted molar refractivity (Wildman–Crippen MR) is 54.1 cm³/mol. The van der Waals surface area contributed by atoms with E-state index in [4.69, 9.17) is 5.11 Å². The fourth-order valence-corrected chi connectivity index (χ4v) is 1.47. The van der Waals surface area contributed by atoms with Gasteiger partial charge in [0.15, 0.2) is 0 Å². The van der Waals surface area contributed by atoms with Crippen LogP contribution in [0.4, 0.5) is 0 Å². The van der Waals surface area contributed by atoms with Gasteiger partial charge in [0.05, 0.1) is 6.61 Å². The van der Waals surface area contributed by atoms with Crippen LogP contribution in [0.3, 0.4) is 0 Å². The zero-order valence-electron chi connectivity index (χ0n) is 8.58. The number of rotatable bonds is 3. The van der Waals surface area contributed by atoms with Crippen molar-refractivity contribution in [2.24, 2.45) is 0 Å². The summed E-state index contributed by atoms with van der Waals surface area (Å²) in [5.41, 5.74) is 0. The molecule has 0 aliphatic carbocycles. The minimum Gasteiger partial charge on any atom is -0.395 e. The van der Waals surface area contributed by atoms with Gasteiger partial charge in [-0.1, -0.05) is 0 Å². The lowest BCUT2D eigenvalue weighted by Gasteiger charge is -2.23. The first-order chi connectivity index (χ1) is 7.24. The normalized spacial score (nSPS) is 17.1.